The molecule has 1 amide bonds. The van der Waals surface area contributed by atoms with Crippen LogP contribution in [0.1, 0.15) is 28.8 Å². The Morgan fingerprint density at radius 1 is 1.05 bits per heavy atom. The topological polar surface area (TPSA) is 55.1 Å². The van der Waals surface area contributed by atoms with E-state index in [9.17, 15) is 4.79 Å². The molecule has 1 saturated carbocycles. The summed E-state index contributed by atoms with van der Waals surface area (Å²) in [5.74, 6) is -0.0614. The number of nitrogens with two attached hydrogens (primary N) is 1. The predicted molar refractivity (Wildman–Crippen MR) is 75.7 cm³/mol. The first-order valence-corrected chi connectivity index (χ1v) is 6.43. The molecule has 0 unspecified atom stereocenters. The highest BCUT2D eigenvalue weighted by atomic mass is 16.1. The molecule has 0 aliphatic heterocycles. The molecule has 0 saturated heterocycles. The second kappa shape index (κ2) is 4.43. The van der Waals surface area contributed by atoms with E-state index in [0.29, 0.717) is 11.3 Å². The lowest BCUT2D eigenvalue weighted by Crippen LogP contribution is -2.34. The molecule has 3 nitrogen and oxygen atoms in total. The van der Waals surface area contributed by atoms with Gasteiger partial charge in [0.2, 0.25) is 0 Å². The number of carbonyl (C=O) groups is 1. The quantitative estimate of drug-likeness (QED) is 0.825. The van der Waals surface area contributed by atoms with Crippen LogP contribution in [0.15, 0.2) is 54.6 Å². The van der Waals surface area contributed by atoms with E-state index in [2.05, 4.69) is 17.4 Å². The van der Waals surface area contributed by atoms with Gasteiger partial charge in [0, 0.05) is 11.3 Å². The molecule has 0 bridgehead atoms. The molecule has 1 fully saturated rings. The third-order valence-corrected chi connectivity index (χ3v) is 3.58. The van der Waals surface area contributed by atoms with Gasteiger partial charge >= 0.3 is 0 Å². The Morgan fingerprint density at radius 2 is 1.79 bits per heavy atom. The van der Waals surface area contributed by atoms with E-state index in [1.165, 1.54) is 5.56 Å². The summed E-state index contributed by atoms with van der Waals surface area (Å²) in [6, 6.07) is 17.2. The van der Waals surface area contributed by atoms with Crippen molar-refractivity contribution in [3.8, 4) is 0 Å². The van der Waals surface area contributed by atoms with Gasteiger partial charge in [0.1, 0.15) is 0 Å². The minimum absolute atomic E-state index is 0.0614. The van der Waals surface area contributed by atoms with Gasteiger partial charge in [0.25, 0.3) is 5.91 Å². The summed E-state index contributed by atoms with van der Waals surface area (Å²) < 4.78 is 0. The van der Waals surface area contributed by atoms with Crippen LogP contribution in [-0.4, -0.2) is 5.91 Å². The van der Waals surface area contributed by atoms with Crippen LogP contribution in [0.3, 0.4) is 0 Å². The van der Waals surface area contributed by atoms with Crippen LogP contribution >= 0.6 is 0 Å². The van der Waals surface area contributed by atoms with Crippen molar-refractivity contribution >= 4 is 11.6 Å². The second-order valence-corrected chi connectivity index (χ2v) is 5.03. The van der Waals surface area contributed by atoms with Crippen molar-refractivity contribution in [2.45, 2.75) is 18.4 Å². The number of amides is 1. The van der Waals surface area contributed by atoms with Gasteiger partial charge in [-0.2, -0.15) is 0 Å². The van der Waals surface area contributed by atoms with Crippen molar-refractivity contribution < 1.29 is 4.79 Å². The molecular formula is C16H16N2O. The van der Waals surface area contributed by atoms with Crippen LogP contribution in [0.2, 0.25) is 0 Å². The average molecular weight is 252 g/mol. The molecule has 3 rings (SSSR count). The monoisotopic (exact) mass is 252 g/mol. The highest BCUT2D eigenvalue weighted by Gasteiger charge is 2.45. The summed E-state index contributed by atoms with van der Waals surface area (Å²) in [5.41, 5.74) is 7.92. The maximum absolute atomic E-state index is 12.3. The Bertz CT molecular complexity index is 603. The van der Waals surface area contributed by atoms with Gasteiger partial charge in [0.05, 0.1) is 5.54 Å². The standard InChI is InChI=1S/C16H16N2O/c17-14-8-4-5-12(11-14)15(19)18-16(9-10-16)13-6-2-1-3-7-13/h1-8,11H,9-10,17H2,(H,18,19). The van der Waals surface area contributed by atoms with Gasteiger partial charge in [-0.3, -0.25) is 4.79 Å². The van der Waals surface area contributed by atoms with Crippen molar-refractivity contribution in [1.29, 1.82) is 0 Å². The van der Waals surface area contributed by atoms with E-state index >= 15 is 0 Å². The first-order valence-electron chi connectivity index (χ1n) is 6.43. The first kappa shape index (κ1) is 11.8. The van der Waals surface area contributed by atoms with Crippen molar-refractivity contribution in [3.63, 3.8) is 0 Å². The van der Waals surface area contributed by atoms with Gasteiger partial charge in [-0.25, -0.2) is 0 Å². The number of nitrogen functional groups attached to an aromatic ring is 1. The highest BCUT2D eigenvalue weighted by Crippen LogP contribution is 2.45. The normalized spacial score (nSPS) is 15.8. The van der Waals surface area contributed by atoms with Crippen LogP contribution in [0.25, 0.3) is 0 Å². The van der Waals surface area contributed by atoms with Crippen LogP contribution in [0, 0.1) is 0 Å². The molecule has 0 atom stereocenters. The number of rotatable bonds is 3. The maximum Gasteiger partial charge on any atom is 0.252 e. The number of hydrogen-bond acceptors (Lipinski definition) is 2. The average Bonchev–Trinajstić information content (AvgIpc) is 3.21. The maximum atomic E-state index is 12.3. The van der Waals surface area contributed by atoms with E-state index in [-0.39, 0.29) is 11.4 Å². The first-order chi connectivity index (χ1) is 9.20. The molecule has 19 heavy (non-hydrogen) atoms. The molecule has 96 valence electrons. The molecule has 2 aromatic carbocycles. The fraction of sp³-hybridized carbons (Fsp3) is 0.188. The van der Waals surface area contributed by atoms with Crippen molar-refractivity contribution in [2.75, 3.05) is 5.73 Å². The van der Waals surface area contributed by atoms with E-state index in [4.69, 9.17) is 5.73 Å². The molecule has 2 aromatic rings. The molecule has 0 heterocycles. The van der Waals surface area contributed by atoms with Gasteiger partial charge in [-0.15, -0.1) is 0 Å². The molecule has 3 N–H and O–H groups in total. The van der Waals surface area contributed by atoms with Gasteiger partial charge in [0.15, 0.2) is 0 Å². The molecular weight excluding hydrogens is 236 g/mol. The zero-order chi connectivity index (χ0) is 13.3. The number of carbonyl (C=O) groups excluding carboxylic acids is 1. The van der Waals surface area contributed by atoms with Crippen LogP contribution in [-0.2, 0) is 5.54 Å². The fourth-order valence-corrected chi connectivity index (χ4v) is 2.34. The predicted octanol–water partition coefficient (Wildman–Crippen LogP) is 2.69. The van der Waals surface area contributed by atoms with Gasteiger partial charge in [-0.05, 0) is 36.6 Å². The number of benzene rings is 2. The minimum atomic E-state index is -0.178. The molecule has 1 aliphatic carbocycles. The van der Waals surface area contributed by atoms with Crippen molar-refractivity contribution in [2.24, 2.45) is 0 Å². The largest absolute Gasteiger partial charge is 0.399 e. The molecule has 0 spiro atoms. The lowest BCUT2D eigenvalue weighted by molar-refractivity contribution is 0.0931. The zero-order valence-electron chi connectivity index (χ0n) is 10.6. The summed E-state index contributed by atoms with van der Waals surface area (Å²) >= 11 is 0. The van der Waals surface area contributed by atoms with Crippen LogP contribution in [0.4, 0.5) is 5.69 Å². The molecule has 1 aliphatic rings. The molecule has 3 heteroatoms. The summed E-state index contributed by atoms with van der Waals surface area (Å²) in [7, 11) is 0. The van der Waals surface area contributed by atoms with E-state index < -0.39 is 0 Å². The van der Waals surface area contributed by atoms with E-state index in [1.807, 2.05) is 18.2 Å². The summed E-state index contributed by atoms with van der Waals surface area (Å²) in [6.45, 7) is 0. The third kappa shape index (κ3) is 2.32. The SMILES string of the molecule is Nc1cccc(C(=O)NC2(c3ccccc3)CC2)c1. The second-order valence-electron chi connectivity index (χ2n) is 5.03. The molecule has 0 radical (unpaired) electrons. The van der Waals surface area contributed by atoms with E-state index in [0.717, 1.165) is 12.8 Å². The Morgan fingerprint density at radius 3 is 2.42 bits per heavy atom. The smallest absolute Gasteiger partial charge is 0.252 e. The minimum Gasteiger partial charge on any atom is -0.399 e. The lowest BCUT2D eigenvalue weighted by Gasteiger charge is -2.18. The Balaban J connectivity index is 1.81. The number of hydrogen-bond donors (Lipinski definition) is 2. The lowest BCUT2D eigenvalue weighted by atomic mass is 10.0. The highest BCUT2D eigenvalue weighted by molar-refractivity contribution is 5.95. The fourth-order valence-electron chi connectivity index (χ4n) is 2.34. The Labute approximate surface area is 112 Å². The van der Waals surface area contributed by atoms with Gasteiger partial charge < -0.3 is 11.1 Å². The summed E-state index contributed by atoms with van der Waals surface area (Å²) in [4.78, 5) is 12.3. The number of anilines is 1. The van der Waals surface area contributed by atoms with Gasteiger partial charge in [-0.1, -0.05) is 36.4 Å². The Hall–Kier alpha value is -2.29. The van der Waals surface area contributed by atoms with Crippen LogP contribution in [0.5, 0.6) is 0 Å². The summed E-state index contributed by atoms with van der Waals surface area (Å²) in [6.07, 6.45) is 1.98. The summed E-state index contributed by atoms with van der Waals surface area (Å²) in [5, 5.41) is 3.13. The third-order valence-electron chi connectivity index (χ3n) is 3.58. The van der Waals surface area contributed by atoms with Crippen molar-refractivity contribution in [3.05, 3.63) is 65.7 Å². The number of nitrogens with one attached hydrogen (secondary N) is 1. The van der Waals surface area contributed by atoms with Crippen LogP contribution < -0.4 is 11.1 Å². The Kier molecular flexibility index (Phi) is 2.75. The molecule has 0 aromatic heterocycles. The van der Waals surface area contributed by atoms with E-state index in [1.54, 1.807) is 24.3 Å². The van der Waals surface area contributed by atoms with Crippen molar-refractivity contribution in [1.82, 2.24) is 5.32 Å². The zero-order valence-corrected chi connectivity index (χ0v) is 10.6.